The summed E-state index contributed by atoms with van der Waals surface area (Å²) in [7, 11) is 0. The molecule has 1 amide bonds. The largest absolute Gasteiger partial charge is 0.462 e. The van der Waals surface area contributed by atoms with Crippen molar-refractivity contribution in [2.75, 3.05) is 11.9 Å². The van der Waals surface area contributed by atoms with Crippen LogP contribution in [0.15, 0.2) is 47.3 Å². The highest BCUT2D eigenvalue weighted by Gasteiger charge is 2.22. The zero-order valence-electron chi connectivity index (χ0n) is 16.3. The van der Waals surface area contributed by atoms with Gasteiger partial charge in [-0.3, -0.25) is 9.59 Å². The number of ether oxygens (including phenoxy) is 1. The number of benzene rings is 1. The highest BCUT2D eigenvalue weighted by Crippen LogP contribution is 2.33. The first-order valence-electron chi connectivity index (χ1n) is 9.08. The summed E-state index contributed by atoms with van der Waals surface area (Å²) >= 11 is 0.965. The molecule has 0 aliphatic heterocycles. The molecular weight excluding hydrogens is 404 g/mol. The Labute approximate surface area is 176 Å². The van der Waals surface area contributed by atoms with E-state index in [-0.39, 0.29) is 28.6 Å². The van der Waals surface area contributed by atoms with Gasteiger partial charge in [0, 0.05) is 11.6 Å². The maximum Gasteiger partial charge on any atom is 0.348 e. The van der Waals surface area contributed by atoms with Crippen LogP contribution < -0.4 is 10.9 Å². The Morgan fingerprint density at radius 1 is 1.23 bits per heavy atom. The van der Waals surface area contributed by atoms with Gasteiger partial charge in [0.25, 0.3) is 5.56 Å². The summed E-state index contributed by atoms with van der Waals surface area (Å²) in [5, 5.41) is 16.5. The van der Waals surface area contributed by atoms with Crippen LogP contribution in [0.25, 0.3) is 11.3 Å². The van der Waals surface area contributed by atoms with Crippen molar-refractivity contribution in [3.8, 4) is 17.3 Å². The standard InChI is InChI=1S/C21H18N4O4S/c1-3-29-21(28)19-13(2)15(11-22)20(30-19)23-17(26)12-25-18(27)10-9-16(24-25)14-7-5-4-6-8-14/h4-10H,3,12H2,1-2H3,(H,23,26). The molecule has 2 heterocycles. The maximum absolute atomic E-state index is 12.5. The van der Waals surface area contributed by atoms with Crippen LogP contribution in [0.5, 0.6) is 0 Å². The Bertz CT molecular complexity index is 1190. The predicted octanol–water partition coefficient (Wildman–Crippen LogP) is 2.97. The van der Waals surface area contributed by atoms with Crippen LogP contribution >= 0.6 is 11.3 Å². The molecule has 8 nitrogen and oxygen atoms in total. The third-order valence-corrected chi connectivity index (χ3v) is 5.39. The van der Waals surface area contributed by atoms with E-state index in [1.54, 1.807) is 19.9 Å². The normalized spacial score (nSPS) is 10.3. The lowest BCUT2D eigenvalue weighted by atomic mass is 10.1. The molecule has 0 saturated carbocycles. The van der Waals surface area contributed by atoms with Crippen molar-refractivity contribution in [1.29, 1.82) is 5.26 Å². The molecule has 0 saturated heterocycles. The number of carbonyl (C=O) groups excluding carboxylic acids is 2. The average Bonchev–Trinajstić information content (AvgIpc) is 3.05. The van der Waals surface area contributed by atoms with Crippen LogP contribution in [0, 0.1) is 18.3 Å². The molecule has 0 unspecified atom stereocenters. The van der Waals surface area contributed by atoms with E-state index in [4.69, 9.17) is 4.74 Å². The van der Waals surface area contributed by atoms with Gasteiger partial charge in [0.05, 0.1) is 17.9 Å². The minimum Gasteiger partial charge on any atom is -0.462 e. The lowest BCUT2D eigenvalue weighted by Gasteiger charge is -2.07. The summed E-state index contributed by atoms with van der Waals surface area (Å²) in [6, 6.07) is 14.2. The topological polar surface area (TPSA) is 114 Å². The number of esters is 1. The number of hydrogen-bond acceptors (Lipinski definition) is 7. The van der Waals surface area contributed by atoms with Crippen molar-refractivity contribution in [2.45, 2.75) is 20.4 Å². The predicted molar refractivity (Wildman–Crippen MR) is 112 cm³/mol. The quantitative estimate of drug-likeness (QED) is 0.611. The van der Waals surface area contributed by atoms with E-state index in [0.717, 1.165) is 21.6 Å². The first-order chi connectivity index (χ1) is 14.4. The van der Waals surface area contributed by atoms with Crippen molar-refractivity contribution < 1.29 is 14.3 Å². The van der Waals surface area contributed by atoms with E-state index in [2.05, 4.69) is 10.4 Å². The highest BCUT2D eigenvalue weighted by molar-refractivity contribution is 7.18. The molecule has 0 radical (unpaired) electrons. The first-order valence-corrected chi connectivity index (χ1v) is 9.90. The molecule has 3 rings (SSSR count). The second kappa shape index (κ2) is 9.15. The van der Waals surface area contributed by atoms with Crippen molar-refractivity contribution in [3.63, 3.8) is 0 Å². The second-order valence-corrected chi connectivity index (χ2v) is 7.24. The molecule has 3 aromatic rings. The van der Waals surface area contributed by atoms with E-state index >= 15 is 0 Å². The monoisotopic (exact) mass is 422 g/mol. The summed E-state index contributed by atoms with van der Waals surface area (Å²) in [5.41, 5.74) is 1.57. The van der Waals surface area contributed by atoms with E-state index in [9.17, 15) is 19.6 Å². The number of nitrogens with zero attached hydrogens (tertiary/aromatic N) is 3. The summed E-state index contributed by atoms with van der Waals surface area (Å²) in [6.45, 7) is 3.16. The Kier molecular flexibility index (Phi) is 6.39. The number of nitriles is 1. The molecular formula is C21H18N4O4S. The molecule has 152 valence electrons. The van der Waals surface area contributed by atoms with E-state index < -0.39 is 17.4 Å². The molecule has 0 atom stereocenters. The Balaban J connectivity index is 1.83. The third kappa shape index (κ3) is 4.45. The van der Waals surface area contributed by atoms with Crippen LogP contribution in [0.1, 0.15) is 27.7 Å². The third-order valence-electron chi connectivity index (χ3n) is 4.20. The summed E-state index contributed by atoms with van der Waals surface area (Å²) in [4.78, 5) is 37.0. The van der Waals surface area contributed by atoms with Gasteiger partial charge in [-0.1, -0.05) is 30.3 Å². The number of carbonyl (C=O) groups is 2. The number of thiophene rings is 1. The number of rotatable bonds is 6. The highest BCUT2D eigenvalue weighted by atomic mass is 32.1. The van der Waals surface area contributed by atoms with E-state index in [0.29, 0.717) is 11.3 Å². The van der Waals surface area contributed by atoms with Crippen LogP contribution in [0.3, 0.4) is 0 Å². The van der Waals surface area contributed by atoms with Gasteiger partial charge in [-0.25, -0.2) is 9.48 Å². The van der Waals surface area contributed by atoms with Gasteiger partial charge in [-0.15, -0.1) is 11.3 Å². The molecule has 30 heavy (non-hydrogen) atoms. The number of anilines is 1. The minimum atomic E-state index is -0.551. The fourth-order valence-corrected chi connectivity index (χ4v) is 3.82. The zero-order valence-corrected chi connectivity index (χ0v) is 17.2. The molecule has 0 aliphatic carbocycles. The Hall–Kier alpha value is -3.77. The first kappa shape index (κ1) is 21.0. The molecule has 0 aliphatic rings. The van der Waals surface area contributed by atoms with Gasteiger partial charge < -0.3 is 10.1 Å². The Morgan fingerprint density at radius 2 is 1.97 bits per heavy atom. The lowest BCUT2D eigenvalue weighted by molar-refractivity contribution is -0.117. The smallest absolute Gasteiger partial charge is 0.348 e. The average molecular weight is 422 g/mol. The molecule has 9 heteroatoms. The summed E-state index contributed by atoms with van der Waals surface area (Å²) in [6.07, 6.45) is 0. The van der Waals surface area contributed by atoms with Crippen molar-refractivity contribution in [1.82, 2.24) is 9.78 Å². The summed E-state index contributed by atoms with van der Waals surface area (Å²) in [5.74, 6) is -1.09. The van der Waals surface area contributed by atoms with Gasteiger partial charge in [0.1, 0.15) is 22.5 Å². The van der Waals surface area contributed by atoms with E-state index in [1.165, 1.54) is 6.07 Å². The SMILES string of the molecule is CCOC(=O)c1sc(NC(=O)Cn2nc(-c3ccccc3)ccc2=O)c(C#N)c1C. The van der Waals surface area contributed by atoms with Crippen LogP contribution in [0.2, 0.25) is 0 Å². The second-order valence-electron chi connectivity index (χ2n) is 6.22. The van der Waals surface area contributed by atoms with Crippen molar-refractivity contribution in [2.24, 2.45) is 0 Å². The number of amides is 1. The molecule has 1 aromatic carbocycles. The van der Waals surface area contributed by atoms with Gasteiger partial charge >= 0.3 is 5.97 Å². The number of aromatic nitrogens is 2. The van der Waals surface area contributed by atoms with Crippen molar-refractivity contribution in [3.05, 3.63) is 68.8 Å². The molecule has 0 spiro atoms. The minimum absolute atomic E-state index is 0.190. The van der Waals surface area contributed by atoms with Gasteiger partial charge in [0.15, 0.2) is 0 Å². The Morgan fingerprint density at radius 3 is 2.63 bits per heavy atom. The fourth-order valence-electron chi connectivity index (χ4n) is 2.75. The zero-order chi connectivity index (χ0) is 21.7. The van der Waals surface area contributed by atoms with Crippen LogP contribution in [-0.4, -0.2) is 28.3 Å². The molecule has 1 N–H and O–H groups in total. The van der Waals surface area contributed by atoms with Crippen LogP contribution in [-0.2, 0) is 16.1 Å². The fraction of sp³-hybridized carbons (Fsp3) is 0.190. The molecule has 0 fully saturated rings. The number of nitrogens with one attached hydrogen (secondary N) is 1. The molecule has 0 bridgehead atoms. The van der Waals surface area contributed by atoms with Gasteiger partial charge in [0.2, 0.25) is 5.91 Å². The molecule has 2 aromatic heterocycles. The maximum atomic E-state index is 12.5. The summed E-state index contributed by atoms with van der Waals surface area (Å²) < 4.78 is 6.04. The van der Waals surface area contributed by atoms with Gasteiger partial charge in [-0.2, -0.15) is 10.4 Å². The number of hydrogen-bond donors (Lipinski definition) is 1. The lowest BCUT2D eigenvalue weighted by Crippen LogP contribution is -2.29. The van der Waals surface area contributed by atoms with Crippen LogP contribution in [0.4, 0.5) is 5.00 Å². The van der Waals surface area contributed by atoms with Gasteiger partial charge in [-0.05, 0) is 25.5 Å². The van der Waals surface area contributed by atoms with E-state index in [1.807, 2.05) is 36.4 Å². The van der Waals surface area contributed by atoms with Crippen molar-refractivity contribution >= 4 is 28.2 Å².